The second kappa shape index (κ2) is 11.6. The largest absolute Gasteiger partial charge is 0.489 e. The SMILES string of the molecule is O=C(c1cccc(N2CCCC2=O)c1)N(Cc1ccc(OCc2cccc(F)c2)cc1)CC1CCCO1. The van der Waals surface area contributed by atoms with Crippen molar-refractivity contribution in [2.45, 2.75) is 44.9 Å². The summed E-state index contributed by atoms with van der Waals surface area (Å²) in [5.74, 6) is 0.397. The van der Waals surface area contributed by atoms with Crippen LogP contribution in [0.2, 0.25) is 0 Å². The average Bonchev–Trinajstić information content (AvgIpc) is 3.59. The van der Waals surface area contributed by atoms with Crippen LogP contribution in [0, 0.1) is 5.82 Å². The fourth-order valence-electron chi connectivity index (χ4n) is 4.87. The third kappa shape index (κ3) is 6.35. The van der Waals surface area contributed by atoms with Gasteiger partial charge in [0, 0.05) is 43.9 Å². The number of hydrogen-bond acceptors (Lipinski definition) is 4. The molecule has 37 heavy (non-hydrogen) atoms. The van der Waals surface area contributed by atoms with Crippen LogP contribution in [0.3, 0.4) is 0 Å². The third-order valence-electron chi connectivity index (χ3n) is 6.80. The molecule has 6 nitrogen and oxygen atoms in total. The van der Waals surface area contributed by atoms with E-state index in [1.165, 1.54) is 12.1 Å². The molecule has 5 rings (SSSR count). The molecular weight excluding hydrogens is 471 g/mol. The number of rotatable bonds is 9. The number of benzene rings is 3. The monoisotopic (exact) mass is 502 g/mol. The van der Waals surface area contributed by atoms with Crippen molar-refractivity contribution in [3.8, 4) is 5.75 Å². The minimum absolute atomic E-state index is 0.0150. The number of carbonyl (C=O) groups excluding carboxylic acids is 2. The first-order valence-electron chi connectivity index (χ1n) is 12.8. The molecule has 2 saturated heterocycles. The minimum Gasteiger partial charge on any atom is -0.489 e. The summed E-state index contributed by atoms with van der Waals surface area (Å²) >= 11 is 0. The number of ether oxygens (including phenoxy) is 2. The molecule has 0 N–H and O–H groups in total. The van der Waals surface area contributed by atoms with Gasteiger partial charge < -0.3 is 19.3 Å². The number of nitrogens with zero attached hydrogens (tertiary/aromatic N) is 2. The van der Waals surface area contributed by atoms with E-state index in [-0.39, 0.29) is 30.3 Å². The number of carbonyl (C=O) groups is 2. The zero-order chi connectivity index (χ0) is 25.6. The van der Waals surface area contributed by atoms with Crippen LogP contribution in [0.25, 0.3) is 0 Å². The van der Waals surface area contributed by atoms with E-state index in [1.54, 1.807) is 17.0 Å². The van der Waals surface area contributed by atoms with Crippen LogP contribution in [0.4, 0.5) is 10.1 Å². The highest BCUT2D eigenvalue weighted by molar-refractivity contribution is 5.99. The smallest absolute Gasteiger partial charge is 0.254 e. The Morgan fingerprint density at radius 2 is 1.86 bits per heavy atom. The first-order valence-corrected chi connectivity index (χ1v) is 12.8. The van der Waals surface area contributed by atoms with Gasteiger partial charge in [0.1, 0.15) is 18.2 Å². The first kappa shape index (κ1) is 25.0. The van der Waals surface area contributed by atoms with Gasteiger partial charge in [-0.1, -0.05) is 30.3 Å². The summed E-state index contributed by atoms with van der Waals surface area (Å²) in [5, 5.41) is 0. The van der Waals surface area contributed by atoms with Gasteiger partial charge in [0.2, 0.25) is 5.91 Å². The average molecular weight is 503 g/mol. The maximum Gasteiger partial charge on any atom is 0.254 e. The molecule has 1 unspecified atom stereocenters. The van der Waals surface area contributed by atoms with Crippen molar-refractivity contribution in [3.63, 3.8) is 0 Å². The first-order chi connectivity index (χ1) is 18.0. The molecule has 0 radical (unpaired) electrons. The van der Waals surface area contributed by atoms with Crippen LogP contribution < -0.4 is 9.64 Å². The van der Waals surface area contributed by atoms with Gasteiger partial charge in [0.15, 0.2) is 0 Å². The fourth-order valence-corrected chi connectivity index (χ4v) is 4.87. The lowest BCUT2D eigenvalue weighted by Crippen LogP contribution is -2.37. The van der Waals surface area contributed by atoms with E-state index >= 15 is 0 Å². The Bertz CT molecular complexity index is 1240. The summed E-state index contributed by atoms with van der Waals surface area (Å²) < 4.78 is 25.0. The van der Waals surface area contributed by atoms with E-state index in [2.05, 4.69) is 0 Å². The number of amides is 2. The predicted molar refractivity (Wildman–Crippen MR) is 139 cm³/mol. The normalized spacial score (nSPS) is 17.3. The van der Waals surface area contributed by atoms with Gasteiger partial charge in [-0.25, -0.2) is 4.39 Å². The summed E-state index contributed by atoms with van der Waals surface area (Å²) in [6.07, 6.45) is 3.33. The fraction of sp³-hybridized carbons (Fsp3) is 0.333. The second-order valence-electron chi connectivity index (χ2n) is 9.58. The maximum absolute atomic E-state index is 13.7. The maximum atomic E-state index is 13.7. The van der Waals surface area contributed by atoms with Crippen LogP contribution in [0.15, 0.2) is 72.8 Å². The summed E-state index contributed by atoms with van der Waals surface area (Å²) in [7, 11) is 0. The molecular formula is C30H31FN2O4. The molecule has 2 heterocycles. The van der Waals surface area contributed by atoms with E-state index in [1.807, 2.05) is 53.4 Å². The lowest BCUT2D eigenvalue weighted by atomic mass is 10.1. The number of halogens is 1. The zero-order valence-electron chi connectivity index (χ0n) is 20.8. The van der Waals surface area contributed by atoms with E-state index in [0.29, 0.717) is 37.4 Å². The second-order valence-corrected chi connectivity index (χ2v) is 9.58. The van der Waals surface area contributed by atoms with Gasteiger partial charge in [-0.05, 0) is 72.9 Å². The lowest BCUT2D eigenvalue weighted by Gasteiger charge is -2.26. The zero-order valence-corrected chi connectivity index (χ0v) is 20.8. The molecule has 192 valence electrons. The topological polar surface area (TPSA) is 59.1 Å². The summed E-state index contributed by atoms with van der Waals surface area (Å²) in [4.78, 5) is 29.4. The highest BCUT2D eigenvalue weighted by Crippen LogP contribution is 2.24. The Morgan fingerprint density at radius 1 is 1.03 bits per heavy atom. The molecule has 0 aromatic heterocycles. The third-order valence-corrected chi connectivity index (χ3v) is 6.80. The molecule has 3 aromatic carbocycles. The lowest BCUT2D eigenvalue weighted by molar-refractivity contribution is -0.117. The molecule has 3 aromatic rings. The Hall–Kier alpha value is -3.71. The Balaban J connectivity index is 1.28. The molecule has 0 aliphatic carbocycles. The Labute approximate surface area is 216 Å². The van der Waals surface area contributed by atoms with E-state index in [9.17, 15) is 14.0 Å². The van der Waals surface area contributed by atoms with Crippen molar-refractivity contribution in [1.29, 1.82) is 0 Å². The van der Waals surface area contributed by atoms with Crippen molar-refractivity contribution < 1.29 is 23.5 Å². The highest BCUT2D eigenvalue weighted by Gasteiger charge is 2.26. The van der Waals surface area contributed by atoms with Crippen LogP contribution >= 0.6 is 0 Å². The summed E-state index contributed by atoms with van der Waals surface area (Å²) in [6, 6.07) is 21.3. The van der Waals surface area contributed by atoms with Gasteiger partial charge in [-0.2, -0.15) is 0 Å². The van der Waals surface area contributed by atoms with Gasteiger partial charge >= 0.3 is 0 Å². The summed E-state index contributed by atoms with van der Waals surface area (Å²) in [5.41, 5.74) is 3.06. The van der Waals surface area contributed by atoms with Gasteiger partial charge in [0.05, 0.1) is 6.10 Å². The Morgan fingerprint density at radius 3 is 2.59 bits per heavy atom. The van der Waals surface area contributed by atoms with Crippen LogP contribution in [-0.2, 0) is 22.7 Å². The van der Waals surface area contributed by atoms with Crippen molar-refractivity contribution in [2.75, 3.05) is 24.6 Å². The molecule has 0 spiro atoms. The van der Waals surface area contributed by atoms with Crippen molar-refractivity contribution in [3.05, 3.63) is 95.3 Å². The van der Waals surface area contributed by atoms with Crippen molar-refractivity contribution >= 4 is 17.5 Å². The van der Waals surface area contributed by atoms with E-state index < -0.39 is 0 Å². The van der Waals surface area contributed by atoms with Crippen molar-refractivity contribution in [2.24, 2.45) is 0 Å². The van der Waals surface area contributed by atoms with Gasteiger partial charge in [-0.15, -0.1) is 0 Å². The minimum atomic E-state index is -0.287. The quantitative estimate of drug-likeness (QED) is 0.396. The molecule has 2 aliphatic rings. The molecule has 2 amide bonds. The molecule has 0 saturated carbocycles. The molecule has 2 aliphatic heterocycles. The predicted octanol–water partition coefficient (Wildman–Crippen LogP) is 5.35. The number of hydrogen-bond donors (Lipinski definition) is 0. The van der Waals surface area contributed by atoms with Crippen molar-refractivity contribution in [1.82, 2.24) is 4.90 Å². The molecule has 2 fully saturated rings. The molecule has 7 heteroatoms. The Kier molecular flexibility index (Phi) is 7.80. The van der Waals surface area contributed by atoms with Gasteiger partial charge in [0.25, 0.3) is 5.91 Å². The number of anilines is 1. The molecule has 0 bridgehead atoms. The standard InChI is InChI=1S/C30H31FN2O4/c31-25-7-1-5-23(17-25)21-37-27-13-11-22(12-14-27)19-32(20-28-9-4-16-36-28)30(35)24-6-2-8-26(18-24)33-15-3-10-29(33)34/h1-2,5-8,11-14,17-18,28H,3-4,9-10,15-16,19-21H2. The highest BCUT2D eigenvalue weighted by atomic mass is 19.1. The molecule has 1 atom stereocenters. The van der Waals surface area contributed by atoms with Crippen LogP contribution in [0.1, 0.15) is 47.2 Å². The van der Waals surface area contributed by atoms with Crippen LogP contribution in [-0.4, -0.2) is 42.5 Å². The van der Waals surface area contributed by atoms with Crippen LogP contribution in [0.5, 0.6) is 5.75 Å². The van der Waals surface area contributed by atoms with E-state index in [0.717, 1.165) is 42.7 Å². The van der Waals surface area contributed by atoms with Gasteiger partial charge in [-0.3, -0.25) is 9.59 Å². The van der Waals surface area contributed by atoms with E-state index in [4.69, 9.17) is 9.47 Å². The summed E-state index contributed by atoms with van der Waals surface area (Å²) in [6.45, 7) is 2.61.